The van der Waals surface area contributed by atoms with Gasteiger partial charge in [-0.05, 0) is 130 Å². The Morgan fingerprint density at radius 3 is 1.16 bits per heavy atom. The number of aromatic carboxylic acids is 1. The minimum atomic E-state index is -6.09. The summed E-state index contributed by atoms with van der Waals surface area (Å²) in [6, 6.07) is 50.5. The molecule has 20 heteroatoms. The highest BCUT2D eigenvalue weighted by Gasteiger charge is 2.38. The summed E-state index contributed by atoms with van der Waals surface area (Å²) in [5, 5.41) is 8.84. The van der Waals surface area contributed by atoms with Crippen LogP contribution in [0.1, 0.15) is 90.2 Å². The second-order valence-electron chi connectivity index (χ2n) is 19.1. The van der Waals surface area contributed by atoms with Crippen LogP contribution in [0.25, 0.3) is 33.4 Å². The van der Waals surface area contributed by atoms with E-state index in [0.717, 1.165) is 72.2 Å². The number of carboxylic acid groups (broad SMARTS) is 1. The third kappa shape index (κ3) is 19.8. The van der Waals surface area contributed by atoms with Gasteiger partial charge in [0.2, 0.25) is 0 Å². The molecule has 8 aromatic rings. The van der Waals surface area contributed by atoms with Crippen molar-refractivity contribution in [2.45, 2.75) is 83.4 Å². The Balaban J connectivity index is 0.000000207. The fraction of sp³-hybridized carbons (Fsp3) is 0.231. The number of hydrogen-bond donors (Lipinski definition) is 1. The summed E-state index contributed by atoms with van der Waals surface area (Å²) in [5.41, 5.74) is 5.15. The molecule has 0 saturated carbocycles. The van der Waals surface area contributed by atoms with E-state index in [2.05, 4.69) is 98.3 Å². The molecule has 8 aromatic carbocycles. The number of ether oxygens (including phenoxy) is 2. The molecule has 0 aromatic heterocycles. The number of rotatable bonds is 17. The first-order valence-corrected chi connectivity index (χ1v) is 30.0. The van der Waals surface area contributed by atoms with Crippen molar-refractivity contribution in [3.8, 4) is 44.9 Å². The Hall–Kier alpha value is -7.52. The van der Waals surface area contributed by atoms with Gasteiger partial charge in [0.1, 0.15) is 11.5 Å². The fourth-order valence-electron chi connectivity index (χ4n) is 8.24. The molecule has 0 amide bonds. The van der Waals surface area contributed by atoms with Crippen LogP contribution in [0.15, 0.2) is 182 Å². The highest BCUT2D eigenvalue weighted by atomic mass is 32.2. The smallest absolute Gasteiger partial charge is 0.485 e. The monoisotopic (exact) mass is 1240 g/mol. The normalized spacial score (nSPS) is 12.5. The molecule has 0 atom stereocenters. The standard InChI is InChI=1S/C29H21F7O2.C19H21S2.C16H16O2.CHF3O3S/c1-2-3-18-4-6-19(7-5-18)20-8-10-21(11-9-20)28(33,34)37-23-14-12-22(13-15-23)29(35,36)38-24-16-25(30)27(32)26(31)17-24;1-2-4-15-5-7-16(8-6-15)17-9-11-18(12-10-17)19-20-13-3-14-21-19;1-2-3-12-4-6-13(7-5-12)14-8-10-15(11-9-14)16(17)18;2-1(3,4)8(5,6)7/h4-17H,2-3H2,1H3;5-12H,2-4,13-14H2,1H3;4-11H,2-3H2,1H3,(H,17,18);(H,5,6,7)/q;+1;;/p-1. The maximum atomic E-state index is 14.7. The topological polar surface area (TPSA) is 113 Å². The van der Waals surface area contributed by atoms with E-state index in [1.807, 2.05) is 59.5 Å². The van der Waals surface area contributed by atoms with Gasteiger partial charge in [0.25, 0.3) is 4.20 Å². The molecule has 1 aliphatic rings. The van der Waals surface area contributed by atoms with Crippen molar-refractivity contribution >= 4 is 43.4 Å². The van der Waals surface area contributed by atoms with Gasteiger partial charge in [0.15, 0.2) is 44.7 Å². The average Bonchev–Trinajstić information content (AvgIpc) is 3.66. The van der Waals surface area contributed by atoms with Crippen LogP contribution in [0.5, 0.6) is 11.5 Å². The first-order valence-electron chi connectivity index (χ1n) is 26.7. The number of alkyl halides is 7. The van der Waals surface area contributed by atoms with Crippen LogP contribution in [0, 0.1) is 17.5 Å². The predicted octanol–water partition coefficient (Wildman–Crippen LogP) is 18.0. The molecule has 1 heterocycles. The first-order chi connectivity index (χ1) is 40.3. The SMILES string of the molecule is CCCc1ccc(-c2ccc(C(=O)O)cc2)cc1.CCCc1ccc(-c2ccc(C(F)(F)Oc3ccc(C(F)(F)Oc4cc(F)c(F)c(F)c4)cc3)cc2)cc1.CCCc1ccc(-c2ccc(C3=[S+]CCCS3)cc2)cc1.O=S(=O)([O-])C(F)(F)F. The number of carbonyl (C=O) groups is 1. The van der Waals surface area contributed by atoms with Gasteiger partial charge in [-0.1, -0.05) is 161 Å². The number of thioether (sulfide) groups is 1. The minimum Gasteiger partial charge on any atom is -0.741 e. The van der Waals surface area contributed by atoms with E-state index in [9.17, 15) is 48.7 Å². The van der Waals surface area contributed by atoms with Gasteiger partial charge in [-0.2, -0.15) is 30.7 Å². The second kappa shape index (κ2) is 30.5. The number of halogens is 10. The van der Waals surface area contributed by atoms with E-state index in [4.69, 9.17) is 22.8 Å². The summed E-state index contributed by atoms with van der Waals surface area (Å²) in [5.74, 6) is -4.98. The van der Waals surface area contributed by atoms with Crippen molar-refractivity contribution in [2.24, 2.45) is 0 Å². The molecule has 0 spiro atoms. The van der Waals surface area contributed by atoms with Crippen LogP contribution >= 0.6 is 11.8 Å². The van der Waals surface area contributed by atoms with Crippen LogP contribution in [0.3, 0.4) is 0 Å². The van der Waals surface area contributed by atoms with Crippen molar-refractivity contribution in [2.75, 3.05) is 11.5 Å². The Morgan fingerprint density at radius 1 is 0.518 bits per heavy atom. The van der Waals surface area contributed by atoms with Gasteiger partial charge < -0.3 is 19.1 Å². The molecule has 1 N–H and O–H groups in total. The molecule has 0 unspecified atom stereocenters. The van der Waals surface area contributed by atoms with E-state index >= 15 is 0 Å². The summed E-state index contributed by atoms with van der Waals surface area (Å²) in [6.45, 7) is 6.47. The highest BCUT2D eigenvalue weighted by Crippen LogP contribution is 2.37. The fourth-order valence-corrected chi connectivity index (χ4v) is 10.8. The maximum Gasteiger partial charge on any atom is 0.485 e. The lowest BCUT2D eigenvalue weighted by atomic mass is 10.0. The quantitative estimate of drug-likeness (QED) is 0.0240. The zero-order valence-corrected chi connectivity index (χ0v) is 48.5. The summed E-state index contributed by atoms with van der Waals surface area (Å²) in [6.07, 6.45) is 0.0403. The van der Waals surface area contributed by atoms with Gasteiger partial charge in [-0.15, -0.1) is 0 Å². The molecule has 7 nitrogen and oxygen atoms in total. The van der Waals surface area contributed by atoms with Crippen LogP contribution in [0.4, 0.5) is 43.9 Å². The van der Waals surface area contributed by atoms with Crippen molar-refractivity contribution in [1.29, 1.82) is 0 Å². The van der Waals surface area contributed by atoms with E-state index < -0.39 is 73.9 Å². The third-order valence-electron chi connectivity index (χ3n) is 12.6. The molecular weight excluding hydrogens is 1180 g/mol. The number of hydrogen-bond acceptors (Lipinski definition) is 7. The van der Waals surface area contributed by atoms with E-state index in [-0.39, 0.29) is 12.1 Å². The number of aryl methyl sites for hydroxylation is 3. The zero-order chi connectivity index (χ0) is 62.0. The number of benzene rings is 8. The lowest BCUT2D eigenvalue weighted by Gasteiger charge is -2.21. The molecule has 0 saturated heterocycles. The molecule has 85 heavy (non-hydrogen) atoms. The van der Waals surface area contributed by atoms with Gasteiger partial charge in [0, 0.05) is 29.9 Å². The molecule has 0 aliphatic carbocycles. The van der Waals surface area contributed by atoms with Crippen molar-refractivity contribution in [1.82, 2.24) is 0 Å². The number of carboxylic acids is 1. The molecule has 0 radical (unpaired) electrons. The van der Waals surface area contributed by atoms with Crippen molar-refractivity contribution < 1.29 is 76.2 Å². The maximum absolute atomic E-state index is 14.7. The zero-order valence-electron chi connectivity index (χ0n) is 46.1. The van der Waals surface area contributed by atoms with Gasteiger partial charge in [-0.25, -0.2) is 26.4 Å². The Labute approximate surface area is 495 Å². The Morgan fingerprint density at radius 2 is 0.835 bits per heavy atom. The van der Waals surface area contributed by atoms with Crippen molar-refractivity contribution in [3.63, 3.8) is 0 Å². The highest BCUT2D eigenvalue weighted by molar-refractivity contribution is 8.23. The van der Waals surface area contributed by atoms with E-state index in [0.29, 0.717) is 5.56 Å². The van der Waals surface area contributed by atoms with Crippen LogP contribution in [-0.4, -0.2) is 45.3 Å². The molecule has 0 bridgehead atoms. The lowest BCUT2D eigenvalue weighted by molar-refractivity contribution is -0.187. The van der Waals surface area contributed by atoms with Crippen LogP contribution in [0.2, 0.25) is 0 Å². The molecular formula is C65H58F10O7S3. The summed E-state index contributed by atoms with van der Waals surface area (Å²) in [7, 11) is -6.09. The van der Waals surface area contributed by atoms with E-state index in [1.54, 1.807) is 12.1 Å². The third-order valence-corrected chi connectivity index (χ3v) is 15.9. The summed E-state index contributed by atoms with van der Waals surface area (Å²) >= 11 is 4.01. The Bertz CT molecular complexity index is 3540. The predicted molar refractivity (Wildman–Crippen MR) is 316 cm³/mol. The van der Waals surface area contributed by atoms with E-state index in [1.165, 1.54) is 92.6 Å². The largest absolute Gasteiger partial charge is 0.741 e. The molecule has 0 fully saturated rings. The summed E-state index contributed by atoms with van der Waals surface area (Å²) < 4.78 is 167. The molecule has 448 valence electrons. The molecule has 9 rings (SSSR count). The molecule has 1 aliphatic heterocycles. The van der Waals surface area contributed by atoms with Crippen LogP contribution < -0.4 is 9.47 Å². The minimum absolute atomic E-state index is 0.261. The van der Waals surface area contributed by atoms with Gasteiger partial charge in [0.05, 0.1) is 16.7 Å². The van der Waals surface area contributed by atoms with Crippen LogP contribution in [-0.2, 0) is 52.9 Å². The van der Waals surface area contributed by atoms with Crippen molar-refractivity contribution in [3.05, 3.63) is 238 Å². The van der Waals surface area contributed by atoms with Gasteiger partial charge >= 0.3 is 23.7 Å². The lowest BCUT2D eigenvalue weighted by Crippen LogP contribution is -2.23. The second-order valence-corrected chi connectivity index (χ2v) is 22.9. The first kappa shape index (κ1) is 66.6. The average molecular weight is 1240 g/mol. The Kier molecular flexibility index (Phi) is 23.9. The summed E-state index contributed by atoms with van der Waals surface area (Å²) in [4.78, 5) is 10.8. The van der Waals surface area contributed by atoms with Gasteiger partial charge in [-0.3, -0.25) is 0 Å².